The van der Waals surface area contributed by atoms with Gasteiger partial charge in [0.2, 0.25) is 11.9 Å². The fourth-order valence-corrected chi connectivity index (χ4v) is 8.38. The number of anilines is 6. The number of carbonyl (C=O) groups is 1. The quantitative estimate of drug-likeness (QED) is 0.0681. The average Bonchev–Trinajstić information content (AvgIpc) is 4.02. The number of nitrogens with one attached hydrogen (secondary N) is 3. The lowest BCUT2D eigenvalue weighted by molar-refractivity contribution is 0.101. The highest BCUT2D eigenvalue weighted by atomic mass is 16.5. The predicted octanol–water partition coefficient (Wildman–Crippen LogP) is 7.91. The summed E-state index contributed by atoms with van der Waals surface area (Å²) >= 11 is 0. The summed E-state index contributed by atoms with van der Waals surface area (Å²) in [4.78, 5) is 65.3. The molecule has 6 aromatic heterocycles. The number of benzene rings is 1. The summed E-state index contributed by atoms with van der Waals surface area (Å²) in [7, 11) is 1.66. The first-order valence-electron chi connectivity index (χ1n) is 21.0. The largest absolute Gasteiger partial charge is 0.394 e. The lowest BCUT2D eigenvalue weighted by Crippen LogP contribution is -2.30. The van der Waals surface area contributed by atoms with Gasteiger partial charge in [0, 0.05) is 60.7 Å². The van der Waals surface area contributed by atoms with Crippen molar-refractivity contribution in [2.24, 2.45) is 0 Å². The van der Waals surface area contributed by atoms with E-state index in [2.05, 4.69) is 45.9 Å². The number of nitrogens with two attached hydrogens (primary N) is 1. The highest BCUT2D eigenvalue weighted by molar-refractivity contribution is 5.99. The van der Waals surface area contributed by atoms with Crippen LogP contribution < -0.4 is 32.8 Å². The third-order valence-corrected chi connectivity index (χ3v) is 11.5. The van der Waals surface area contributed by atoms with Gasteiger partial charge >= 0.3 is 0 Å². The molecule has 2 aliphatic carbocycles. The van der Waals surface area contributed by atoms with Gasteiger partial charge in [-0.15, -0.1) is 0 Å². The van der Waals surface area contributed by atoms with Gasteiger partial charge in [-0.05, 0) is 81.0 Å². The molecule has 0 aliphatic heterocycles. The second-order valence-corrected chi connectivity index (χ2v) is 15.7. The number of carbonyl (C=O) groups excluding carboxylic acids is 1. The van der Waals surface area contributed by atoms with Gasteiger partial charge in [0.15, 0.2) is 5.78 Å². The molecule has 0 saturated heterocycles. The minimum atomic E-state index is -0.260. The van der Waals surface area contributed by atoms with Crippen molar-refractivity contribution in [1.82, 2.24) is 39.0 Å². The molecule has 0 bridgehead atoms. The van der Waals surface area contributed by atoms with E-state index >= 15 is 0 Å². The lowest BCUT2D eigenvalue weighted by Gasteiger charge is -2.19. The standard InChI is InChI=1S/C23H28N6O3.C23H22N6O/c1-14-18-13-26-23(27-19-9-8-16(12-25-19)24-10-11-32-3)28-21(18)29(17-6-4-5-7-17)22(31)20(14)15(2)30;24-19-12-17-14-26-23(28-21(17)29(22(19)30)18-8-4-5-9-18)27-20-11-10-16(13-25-20)15-6-2-1-3-7-15/h8-9,12-13,17,24H,4-7,10-11H2,1-3H3,(H,25,26,27,28);1-3,6-7,10-14,18H,4-5,8-9,24H2,(H,25,26,27,28). The Morgan fingerprint density at radius 3 is 1.95 bits per heavy atom. The van der Waals surface area contributed by atoms with Gasteiger partial charge in [0.05, 0.1) is 29.7 Å². The van der Waals surface area contributed by atoms with Gasteiger partial charge in [0.1, 0.15) is 22.9 Å². The molecule has 6 heterocycles. The predicted molar refractivity (Wildman–Crippen MR) is 243 cm³/mol. The second-order valence-electron chi connectivity index (χ2n) is 15.7. The molecule has 2 aliphatic rings. The molecule has 0 atom stereocenters. The van der Waals surface area contributed by atoms with Gasteiger partial charge in [-0.25, -0.2) is 19.9 Å². The summed E-state index contributed by atoms with van der Waals surface area (Å²) < 4.78 is 8.48. The lowest BCUT2D eigenvalue weighted by atomic mass is 10.0. The van der Waals surface area contributed by atoms with Crippen LogP contribution in [0.2, 0.25) is 0 Å². The molecule has 16 heteroatoms. The van der Waals surface area contributed by atoms with Crippen LogP contribution in [0.5, 0.6) is 0 Å². The Balaban J connectivity index is 0.000000171. The molecule has 2 saturated carbocycles. The van der Waals surface area contributed by atoms with Crippen molar-refractivity contribution in [3.05, 3.63) is 117 Å². The van der Waals surface area contributed by atoms with E-state index < -0.39 is 0 Å². The van der Waals surface area contributed by atoms with Crippen LogP contribution in [0.25, 0.3) is 33.2 Å². The van der Waals surface area contributed by atoms with Crippen molar-refractivity contribution in [1.29, 1.82) is 0 Å². The van der Waals surface area contributed by atoms with E-state index in [4.69, 9.17) is 10.5 Å². The zero-order chi connectivity index (χ0) is 43.2. The van der Waals surface area contributed by atoms with Crippen molar-refractivity contribution >= 4 is 62.8 Å². The molecule has 9 rings (SSSR count). The van der Waals surface area contributed by atoms with Crippen molar-refractivity contribution < 1.29 is 9.53 Å². The highest BCUT2D eigenvalue weighted by Crippen LogP contribution is 2.33. The maximum Gasteiger partial charge on any atom is 0.275 e. The fraction of sp³-hybridized carbons (Fsp3) is 0.326. The van der Waals surface area contributed by atoms with E-state index in [1.807, 2.05) is 60.8 Å². The number of pyridine rings is 4. The number of rotatable bonds is 12. The van der Waals surface area contributed by atoms with Crippen LogP contribution in [0, 0.1) is 6.92 Å². The monoisotopic (exact) mass is 834 g/mol. The summed E-state index contributed by atoms with van der Waals surface area (Å²) in [5, 5.41) is 11.0. The minimum absolute atomic E-state index is 0.0435. The van der Waals surface area contributed by atoms with Gasteiger partial charge in [-0.1, -0.05) is 56.0 Å². The number of ketones is 1. The number of nitrogen functional groups attached to an aromatic ring is 1. The normalized spacial score (nSPS) is 14.2. The van der Waals surface area contributed by atoms with Crippen LogP contribution in [0.3, 0.4) is 0 Å². The maximum atomic E-state index is 13.3. The molecule has 62 heavy (non-hydrogen) atoms. The van der Waals surface area contributed by atoms with Crippen molar-refractivity contribution in [2.75, 3.05) is 41.9 Å². The fourth-order valence-electron chi connectivity index (χ4n) is 8.38. The maximum absolute atomic E-state index is 13.3. The third-order valence-electron chi connectivity index (χ3n) is 11.5. The van der Waals surface area contributed by atoms with E-state index in [1.165, 1.54) is 6.92 Å². The second kappa shape index (κ2) is 18.7. The van der Waals surface area contributed by atoms with E-state index in [9.17, 15) is 14.4 Å². The van der Waals surface area contributed by atoms with E-state index in [0.29, 0.717) is 53.5 Å². The highest BCUT2D eigenvalue weighted by Gasteiger charge is 2.26. The summed E-state index contributed by atoms with van der Waals surface area (Å²) in [6.45, 7) is 4.52. The van der Waals surface area contributed by atoms with Gasteiger partial charge in [-0.3, -0.25) is 23.5 Å². The Labute approximate surface area is 358 Å². The third kappa shape index (κ3) is 9.00. The summed E-state index contributed by atoms with van der Waals surface area (Å²) in [5.74, 6) is 1.75. The van der Waals surface area contributed by atoms with Crippen molar-refractivity contribution in [3.63, 3.8) is 0 Å². The molecule has 0 amide bonds. The first-order chi connectivity index (χ1) is 30.2. The Kier molecular flexibility index (Phi) is 12.6. The van der Waals surface area contributed by atoms with Crippen LogP contribution in [-0.2, 0) is 4.74 Å². The summed E-state index contributed by atoms with van der Waals surface area (Å²) in [6, 6.07) is 19.5. The number of methoxy groups -OCH3 is 1. The number of Topliss-reactive ketones (excluding diaryl/α,β-unsaturated/α-hetero) is 1. The summed E-state index contributed by atoms with van der Waals surface area (Å²) in [5.41, 5.74) is 10.8. The van der Waals surface area contributed by atoms with Crippen molar-refractivity contribution in [2.45, 2.75) is 77.3 Å². The van der Waals surface area contributed by atoms with E-state index in [0.717, 1.165) is 79.0 Å². The molecule has 2 fully saturated rings. The molecule has 0 spiro atoms. The Hall–Kier alpha value is -7.07. The number of aryl methyl sites for hydroxylation is 1. The summed E-state index contributed by atoms with van der Waals surface area (Å²) in [6.07, 6.45) is 15.0. The van der Waals surface area contributed by atoms with Gasteiger partial charge in [-0.2, -0.15) is 9.97 Å². The molecule has 0 radical (unpaired) electrons. The van der Waals surface area contributed by atoms with Gasteiger partial charge in [0.25, 0.3) is 11.1 Å². The van der Waals surface area contributed by atoms with E-state index in [-0.39, 0.29) is 40.2 Å². The number of ether oxygens (including phenoxy) is 1. The molecular formula is C46H50N12O4. The molecule has 7 aromatic rings. The van der Waals surface area contributed by atoms with E-state index in [1.54, 1.807) is 47.8 Å². The van der Waals surface area contributed by atoms with Gasteiger partial charge < -0.3 is 26.4 Å². The minimum Gasteiger partial charge on any atom is -0.394 e. The Morgan fingerprint density at radius 2 is 1.35 bits per heavy atom. The molecule has 5 N–H and O–H groups in total. The number of hydrogen-bond donors (Lipinski definition) is 4. The zero-order valence-corrected chi connectivity index (χ0v) is 35.1. The van der Waals surface area contributed by atoms with Crippen LogP contribution in [-0.4, -0.2) is 65.1 Å². The number of hydrogen-bond acceptors (Lipinski definition) is 14. The zero-order valence-electron chi connectivity index (χ0n) is 35.1. The molecule has 318 valence electrons. The molecule has 1 aromatic carbocycles. The van der Waals surface area contributed by atoms with Crippen molar-refractivity contribution in [3.8, 4) is 11.1 Å². The Morgan fingerprint density at radius 1 is 0.742 bits per heavy atom. The molecule has 16 nitrogen and oxygen atoms in total. The molecule has 0 unspecified atom stereocenters. The topological polar surface area (TPSA) is 210 Å². The number of aromatic nitrogens is 8. The van der Waals surface area contributed by atoms with Crippen LogP contribution >= 0.6 is 0 Å². The van der Waals surface area contributed by atoms with Crippen LogP contribution in [0.15, 0.2) is 95.0 Å². The average molecular weight is 835 g/mol. The first-order valence-corrected chi connectivity index (χ1v) is 21.0. The Bertz CT molecular complexity index is 2820. The number of fused-ring (bicyclic) bond motifs is 2. The van der Waals surface area contributed by atoms with Crippen LogP contribution in [0.1, 0.15) is 86.3 Å². The SMILES string of the molecule is COCCNc1ccc(Nc2ncc3c(C)c(C(C)=O)c(=O)n(C4CCCC4)c3n2)nc1.Nc1cc2cnc(Nc3ccc(-c4ccccc4)cn3)nc2n(C2CCCC2)c1=O. The molecular weight excluding hydrogens is 785 g/mol. The van der Waals surface area contributed by atoms with Crippen LogP contribution in [0.4, 0.5) is 34.9 Å². The smallest absolute Gasteiger partial charge is 0.275 e. The number of nitrogens with zero attached hydrogens (tertiary/aromatic N) is 8. The first kappa shape index (κ1) is 41.7.